The summed E-state index contributed by atoms with van der Waals surface area (Å²) in [4.78, 5) is 12.9. The Morgan fingerprint density at radius 1 is 1.04 bits per heavy atom. The van der Waals surface area contributed by atoms with Crippen LogP contribution in [-0.2, 0) is 0 Å². The van der Waals surface area contributed by atoms with Crippen LogP contribution in [-0.4, -0.2) is 43.9 Å². The SMILES string of the molecule is COc1cc2c(cc1O)OC[C@@H](c1ccc(OC)c(O)c1OC)C2=O. The first-order chi connectivity index (χ1) is 12.0. The van der Waals surface area contributed by atoms with Gasteiger partial charge in [0.25, 0.3) is 0 Å². The topological polar surface area (TPSA) is 94.5 Å². The summed E-state index contributed by atoms with van der Waals surface area (Å²) in [5.41, 5.74) is 0.784. The van der Waals surface area contributed by atoms with Crippen LogP contribution in [0, 0.1) is 0 Å². The van der Waals surface area contributed by atoms with Crippen molar-refractivity contribution in [2.75, 3.05) is 27.9 Å². The number of ketones is 1. The van der Waals surface area contributed by atoms with Gasteiger partial charge in [0.15, 0.2) is 28.8 Å². The number of rotatable bonds is 4. The molecule has 0 saturated carbocycles. The molecule has 3 rings (SSSR count). The lowest BCUT2D eigenvalue weighted by atomic mass is 9.88. The molecule has 1 heterocycles. The van der Waals surface area contributed by atoms with Crippen molar-refractivity contribution in [2.45, 2.75) is 5.92 Å². The maximum absolute atomic E-state index is 12.9. The van der Waals surface area contributed by atoms with E-state index in [1.165, 1.54) is 33.5 Å². The minimum absolute atomic E-state index is 0.0553. The monoisotopic (exact) mass is 346 g/mol. The van der Waals surface area contributed by atoms with Crippen molar-refractivity contribution >= 4 is 5.78 Å². The number of Topliss-reactive ketones (excluding diaryl/α,β-unsaturated/α-hetero) is 1. The second-order valence-electron chi connectivity index (χ2n) is 5.49. The number of phenols is 2. The first-order valence-electron chi connectivity index (χ1n) is 7.53. The quantitative estimate of drug-likeness (QED) is 0.878. The van der Waals surface area contributed by atoms with Crippen molar-refractivity contribution in [1.82, 2.24) is 0 Å². The van der Waals surface area contributed by atoms with Crippen LogP contribution >= 0.6 is 0 Å². The van der Waals surface area contributed by atoms with Gasteiger partial charge in [-0.05, 0) is 12.1 Å². The van der Waals surface area contributed by atoms with Crippen LogP contribution in [0.25, 0.3) is 0 Å². The van der Waals surface area contributed by atoms with E-state index in [-0.39, 0.29) is 46.9 Å². The van der Waals surface area contributed by atoms with Gasteiger partial charge in [-0.1, -0.05) is 6.07 Å². The Balaban J connectivity index is 2.07. The fraction of sp³-hybridized carbons (Fsp3) is 0.278. The summed E-state index contributed by atoms with van der Waals surface area (Å²) in [6, 6.07) is 6.01. The van der Waals surface area contributed by atoms with E-state index in [1.54, 1.807) is 12.1 Å². The maximum atomic E-state index is 12.9. The zero-order chi connectivity index (χ0) is 18.1. The van der Waals surface area contributed by atoms with Crippen molar-refractivity contribution in [1.29, 1.82) is 0 Å². The fourth-order valence-corrected chi connectivity index (χ4v) is 2.91. The number of carbonyl (C=O) groups is 1. The van der Waals surface area contributed by atoms with E-state index < -0.39 is 5.92 Å². The molecule has 0 spiro atoms. The molecular formula is C18H18O7. The molecule has 0 fully saturated rings. The number of aromatic hydroxyl groups is 2. The summed E-state index contributed by atoms with van der Waals surface area (Å²) in [5.74, 6) is -0.295. The minimum Gasteiger partial charge on any atom is -0.504 e. The molecule has 0 radical (unpaired) electrons. The van der Waals surface area contributed by atoms with Crippen molar-refractivity contribution in [3.05, 3.63) is 35.4 Å². The lowest BCUT2D eigenvalue weighted by Gasteiger charge is -2.26. The van der Waals surface area contributed by atoms with Crippen LogP contribution in [0.2, 0.25) is 0 Å². The highest BCUT2D eigenvalue weighted by Gasteiger charge is 2.34. The molecule has 0 aliphatic carbocycles. The molecule has 0 aromatic heterocycles. The number of hydrogen-bond donors (Lipinski definition) is 2. The molecule has 2 aromatic rings. The van der Waals surface area contributed by atoms with Gasteiger partial charge in [-0.25, -0.2) is 0 Å². The molecule has 7 heteroatoms. The molecular weight excluding hydrogens is 328 g/mol. The average Bonchev–Trinajstić information content (AvgIpc) is 2.61. The summed E-state index contributed by atoms with van der Waals surface area (Å²) >= 11 is 0. The summed E-state index contributed by atoms with van der Waals surface area (Å²) < 4.78 is 21.0. The molecule has 0 saturated heterocycles. The van der Waals surface area contributed by atoms with E-state index in [9.17, 15) is 15.0 Å². The third-order valence-corrected chi connectivity index (χ3v) is 4.19. The van der Waals surface area contributed by atoms with Gasteiger partial charge >= 0.3 is 0 Å². The molecule has 0 amide bonds. The Hall–Kier alpha value is -3.09. The number of carbonyl (C=O) groups excluding carboxylic acids is 1. The van der Waals surface area contributed by atoms with Crippen molar-refractivity contribution in [3.63, 3.8) is 0 Å². The van der Waals surface area contributed by atoms with Crippen LogP contribution in [0.1, 0.15) is 21.8 Å². The minimum atomic E-state index is -0.673. The Morgan fingerprint density at radius 3 is 2.40 bits per heavy atom. The number of fused-ring (bicyclic) bond motifs is 1. The van der Waals surface area contributed by atoms with Gasteiger partial charge < -0.3 is 29.2 Å². The highest BCUT2D eigenvalue weighted by molar-refractivity contribution is 6.05. The second kappa shape index (κ2) is 6.43. The molecule has 0 unspecified atom stereocenters. The standard InChI is InChI=1S/C18H18O7/c1-22-13-5-4-9(18(24-3)17(13)21)11-8-25-14-7-12(19)15(23-2)6-10(14)16(11)20/h4-7,11,19,21H,8H2,1-3H3/t11-/m0/s1. The van der Waals surface area contributed by atoms with Crippen LogP contribution in [0.4, 0.5) is 0 Å². The molecule has 1 aliphatic rings. The van der Waals surface area contributed by atoms with Crippen molar-refractivity contribution in [2.24, 2.45) is 0 Å². The van der Waals surface area contributed by atoms with Crippen molar-refractivity contribution < 1.29 is 34.0 Å². The van der Waals surface area contributed by atoms with E-state index >= 15 is 0 Å². The van der Waals surface area contributed by atoms with Gasteiger partial charge in [0.1, 0.15) is 12.4 Å². The zero-order valence-electron chi connectivity index (χ0n) is 14.0. The molecule has 7 nitrogen and oxygen atoms in total. The summed E-state index contributed by atoms with van der Waals surface area (Å²) in [6.07, 6.45) is 0. The summed E-state index contributed by atoms with van der Waals surface area (Å²) in [6.45, 7) is 0.0553. The smallest absolute Gasteiger partial charge is 0.201 e. The van der Waals surface area contributed by atoms with Gasteiger partial charge in [0.05, 0.1) is 32.8 Å². The highest BCUT2D eigenvalue weighted by Crippen LogP contribution is 2.45. The van der Waals surface area contributed by atoms with Crippen LogP contribution < -0.4 is 18.9 Å². The Kier molecular flexibility index (Phi) is 4.31. The Labute approximate surface area is 144 Å². The summed E-state index contributed by atoms with van der Waals surface area (Å²) in [5, 5.41) is 20.1. The summed E-state index contributed by atoms with van der Waals surface area (Å²) in [7, 11) is 4.23. The Bertz CT molecular complexity index is 829. The zero-order valence-corrected chi connectivity index (χ0v) is 14.0. The lowest BCUT2D eigenvalue weighted by Crippen LogP contribution is -2.26. The second-order valence-corrected chi connectivity index (χ2v) is 5.49. The molecule has 2 N–H and O–H groups in total. The normalized spacial score (nSPS) is 16.0. The van der Waals surface area contributed by atoms with Gasteiger partial charge in [-0.3, -0.25) is 4.79 Å². The van der Waals surface area contributed by atoms with Crippen LogP contribution in [0.15, 0.2) is 24.3 Å². The van der Waals surface area contributed by atoms with Gasteiger partial charge in [0.2, 0.25) is 5.75 Å². The van der Waals surface area contributed by atoms with E-state index in [0.717, 1.165) is 0 Å². The molecule has 25 heavy (non-hydrogen) atoms. The lowest BCUT2D eigenvalue weighted by molar-refractivity contribution is 0.0893. The first-order valence-corrected chi connectivity index (χ1v) is 7.53. The van der Waals surface area contributed by atoms with E-state index in [2.05, 4.69) is 0 Å². The predicted molar refractivity (Wildman–Crippen MR) is 88.4 cm³/mol. The van der Waals surface area contributed by atoms with Gasteiger partial charge in [-0.15, -0.1) is 0 Å². The van der Waals surface area contributed by atoms with E-state index in [4.69, 9.17) is 18.9 Å². The number of benzene rings is 2. The maximum Gasteiger partial charge on any atom is 0.201 e. The van der Waals surface area contributed by atoms with Crippen molar-refractivity contribution in [3.8, 4) is 34.5 Å². The average molecular weight is 346 g/mol. The van der Waals surface area contributed by atoms with Gasteiger partial charge in [-0.2, -0.15) is 0 Å². The molecule has 2 aromatic carbocycles. The van der Waals surface area contributed by atoms with E-state index in [0.29, 0.717) is 11.1 Å². The molecule has 0 bridgehead atoms. The number of hydrogen-bond acceptors (Lipinski definition) is 7. The molecule has 1 atom stereocenters. The number of ether oxygens (including phenoxy) is 4. The van der Waals surface area contributed by atoms with Crippen LogP contribution in [0.5, 0.6) is 34.5 Å². The predicted octanol–water partition coefficient (Wildman–Crippen LogP) is 2.48. The largest absolute Gasteiger partial charge is 0.504 e. The molecule has 1 aliphatic heterocycles. The third-order valence-electron chi connectivity index (χ3n) is 4.19. The Morgan fingerprint density at radius 2 is 1.76 bits per heavy atom. The number of phenolic OH excluding ortho intramolecular Hbond substituents is 2. The van der Waals surface area contributed by atoms with E-state index in [1.807, 2.05) is 0 Å². The van der Waals surface area contributed by atoms with Gasteiger partial charge in [0, 0.05) is 11.6 Å². The fourth-order valence-electron chi connectivity index (χ4n) is 2.91. The molecule has 132 valence electrons. The number of methoxy groups -OCH3 is 3. The third kappa shape index (κ3) is 2.67. The first kappa shape index (κ1) is 16.8. The van der Waals surface area contributed by atoms with Crippen LogP contribution in [0.3, 0.4) is 0 Å². The highest BCUT2D eigenvalue weighted by atomic mass is 16.5.